The molecular weight excluding hydrogens is 569 g/mol. The minimum absolute atomic E-state index is 0.127. The lowest BCUT2D eigenvalue weighted by Gasteiger charge is -2.26. The molecule has 0 spiro atoms. The van der Waals surface area contributed by atoms with Crippen LogP contribution in [0.3, 0.4) is 0 Å². The van der Waals surface area contributed by atoms with E-state index in [1.807, 2.05) is 31.2 Å². The molecule has 4 heterocycles. The zero-order valence-corrected chi connectivity index (χ0v) is 24.2. The molecule has 2 aromatic carbocycles. The van der Waals surface area contributed by atoms with E-state index >= 15 is 0 Å². The number of anilines is 2. The monoisotopic (exact) mass is 599 g/mol. The van der Waals surface area contributed by atoms with Crippen LogP contribution in [0.5, 0.6) is 11.6 Å². The molecule has 0 radical (unpaired) electrons. The quantitative estimate of drug-likeness (QED) is 0.208. The number of piperidine rings is 1. The van der Waals surface area contributed by atoms with Gasteiger partial charge in [-0.25, -0.2) is 27.8 Å². The third-order valence-corrected chi connectivity index (χ3v) is 8.28. The van der Waals surface area contributed by atoms with E-state index in [9.17, 15) is 12.8 Å². The average molecular weight is 600 g/mol. The van der Waals surface area contributed by atoms with E-state index < -0.39 is 16.2 Å². The van der Waals surface area contributed by atoms with Crippen molar-refractivity contribution in [2.24, 2.45) is 0 Å². The van der Waals surface area contributed by atoms with E-state index in [0.717, 1.165) is 5.56 Å². The number of rotatable bonds is 9. The van der Waals surface area contributed by atoms with Crippen molar-refractivity contribution in [3.05, 3.63) is 96.6 Å². The van der Waals surface area contributed by atoms with Gasteiger partial charge in [0.2, 0.25) is 21.9 Å². The number of benzene rings is 2. The van der Waals surface area contributed by atoms with Crippen molar-refractivity contribution in [3.63, 3.8) is 0 Å². The third kappa shape index (κ3) is 6.71. The molecule has 12 heteroatoms. The summed E-state index contributed by atoms with van der Waals surface area (Å²) in [6.45, 7) is 2.89. The van der Waals surface area contributed by atoms with Gasteiger partial charge in [0.05, 0.1) is 22.6 Å². The molecule has 0 amide bonds. The van der Waals surface area contributed by atoms with Crippen LogP contribution in [-0.4, -0.2) is 53.7 Å². The summed E-state index contributed by atoms with van der Waals surface area (Å²) in [6.07, 6.45) is 4.29. The second kappa shape index (κ2) is 12.3. The molecule has 3 N–H and O–H groups in total. The summed E-state index contributed by atoms with van der Waals surface area (Å²) in [7, 11) is -3.73. The lowest BCUT2D eigenvalue weighted by Crippen LogP contribution is -2.44. The molecule has 3 aromatic heterocycles. The zero-order valence-electron chi connectivity index (χ0n) is 23.4. The number of pyridine rings is 2. The molecule has 1 aliphatic heterocycles. The van der Waals surface area contributed by atoms with Gasteiger partial charge in [0, 0.05) is 54.9 Å². The number of sulfonamides is 1. The molecule has 43 heavy (non-hydrogen) atoms. The SMILES string of the molecule is Cc1ccc2c(NS(=O)(=O)Cc3ccccn3)cccc2c1Oc1ncccc1-c1ccnc(N[C@@H]2CNC[C@H](F)C2)n1. The molecule has 0 unspecified atom stereocenters. The first-order valence-corrected chi connectivity index (χ1v) is 15.5. The Morgan fingerprint density at radius 1 is 0.930 bits per heavy atom. The molecule has 0 bridgehead atoms. The largest absolute Gasteiger partial charge is 0.437 e. The van der Waals surface area contributed by atoms with Crippen LogP contribution >= 0.6 is 0 Å². The molecule has 0 aliphatic carbocycles. The predicted octanol–water partition coefficient (Wildman–Crippen LogP) is 5.24. The minimum atomic E-state index is -3.73. The number of alkyl halides is 1. The van der Waals surface area contributed by atoms with Crippen molar-refractivity contribution in [3.8, 4) is 22.9 Å². The fourth-order valence-corrected chi connectivity index (χ4v) is 6.21. The average Bonchev–Trinajstić information content (AvgIpc) is 2.99. The Morgan fingerprint density at radius 3 is 2.65 bits per heavy atom. The van der Waals surface area contributed by atoms with E-state index in [2.05, 4.69) is 35.3 Å². The van der Waals surface area contributed by atoms with Gasteiger partial charge < -0.3 is 15.4 Å². The first kappa shape index (κ1) is 28.4. The van der Waals surface area contributed by atoms with Gasteiger partial charge in [0.25, 0.3) is 0 Å². The Bertz CT molecular complexity index is 1860. The molecule has 1 aliphatic rings. The fraction of sp³-hybridized carbons (Fsp3) is 0.226. The van der Waals surface area contributed by atoms with Crippen LogP contribution in [0, 0.1) is 6.92 Å². The normalized spacial score (nSPS) is 17.0. The molecule has 6 rings (SSSR count). The van der Waals surface area contributed by atoms with Gasteiger partial charge in [0.15, 0.2) is 0 Å². The van der Waals surface area contributed by atoms with E-state index in [1.54, 1.807) is 61.1 Å². The van der Waals surface area contributed by atoms with Crippen LogP contribution in [0.2, 0.25) is 0 Å². The summed E-state index contributed by atoms with van der Waals surface area (Å²) in [5.74, 6) is 1.00. The maximum atomic E-state index is 13.9. The number of nitrogens with one attached hydrogen (secondary N) is 3. The second-order valence-corrected chi connectivity index (χ2v) is 12.1. The summed E-state index contributed by atoms with van der Waals surface area (Å²) >= 11 is 0. The second-order valence-electron chi connectivity index (χ2n) is 10.4. The Morgan fingerprint density at radius 2 is 1.81 bits per heavy atom. The Labute approximate surface area is 248 Å². The summed E-state index contributed by atoms with van der Waals surface area (Å²) in [4.78, 5) is 17.6. The van der Waals surface area contributed by atoms with Gasteiger partial charge in [-0.2, -0.15) is 0 Å². The highest BCUT2D eigenvalue weighted by Crippen LogP contribution is 2.39. The first-order valence-electron chi connectivity index (χ1n) is 13.8. The Hall–Kier alpha value is -4.68. The highest BCUT2D eigenvalue weighted by atomic mass is 32.2. The van der Waals surface area contributed by atoms with Gasteiger partial charge in [-0.15, -0.1) is 0 Å². The van der Waals surface area contributed by atoms with E-state index in [-0.39, 0.29) is 11.8 Å². The minimum Gasteiger partial charge on any atom is -0.437 e. The maximum absolute atomic E-state index is 13.9. The number of hydrogen-bond donors (Lipinski definition) is 3. The number of aromatic nitrogens is 4. The van der Waals surface area contributed by atoms with Crippen molar-refractivity contribution in [2.75, 3.05) is 23.1 Å². The van der Waals surface area contributed by atoms with Crippen molar-refractivity contribution >= 4 is 32.4 Å². The molecule has 1 saturated heterocycles. The molecule has 2 atom stereocenters. The topological polar surface area (TPSA) is 131 Å². The highest BCUT2D eigenvalue weighted by molar-refractivity contribution is 7.91. The Balaban J connectivity index is 1.30. The van der Waals surface area contributed by atoms with Gasteiger partial charge >= 0.3 is 0 Å². The molecular formula is C31H30FN7O3S. The van der Waals surface area contributed by atoms with E-state index in [1.165, 1.54) is 0 Å². The van der Waals surface area contributed by atoms with Crippen LogP contribution < -0.4 is 20.1 Å². The number of ether oxygens (including phenoxy) is 1. The fourth-order valence-electron chi connectivity index (χ4n) is 5.07. The summed E-state index contributed by atoms with van der Waals surface area (Å²) in [5.41, 5.74) is 2.94. The first-order chi connectivity index (χ1) is 20.8. The van der Waals surface area contributed by atoms with Crippen LogP contribution in [0.1, 0.15) is 17.7 Å². The highest BCUT2D eigenvalue weighted by Gasteiger charge is 2.22. The van der Waals surface area contributed by atoms with Crippen molar-refractivity contribution < 1.29 is 17.5 Å². The van der Waals surface area contributed by atoms with Crippen LogP contribution in [0.4, 0.5) is 16.0 Å². The van der Waals surface area contributed by atoms with Crippen LogP contribution in [0.15, 0.2) is 85.3 Å². The standard InChI is InChI=1S/C31H30FN7O3S/c1-20-10-11-24-25(7-4-9-28(24)39-43(40,41)19-22-6-2-3-13-34-22)29(20)42-30-26(8-5-14-35-30)27-12-15-36-31(38-27)37-23-16-21(32)17-33-18-23/h2-15,21,23,33,39H,16-19H2,1H3,(H,36,37,38)/t21-,23+/m1/s1. The molecule has 220 valence electrons. The molecule has 0 saturated carbocycles. The van der Waals surface area contributed by atoms with Gasteiger partial charge in [0.1, 0.15) is 17.7 Å². The van der Waals surface area contributed by atoms with Crippen LogP contribution in [0.25, 0.3) is 22.0 Å². The lowest BCUT2D eigenvalue weighted by atomic mass is 10.0. The summed E-state index contributed by atoms with van der Waals surface area (Å²) in [6, 6.07) is 19.5. The molecule has 1 fully saturated rings. The third-order valence-electron chi connectivity index (χ3n) is 7.07. The summed E-state index contributed by atoms with van der Waals surface area (Å²) < 4.78 is 49.0. The van der Waals surface area contributed by atoms with Crippen molar-refractivity contribution in [2.45, 2.75) is 31.3 Å². The zero-order chi connectivity index (χ0) is 29.8. The Kier molecular flexibility index (Phi) is 8.12. The predicted molar refractivity (Wildman–Crippen MR) is 164 cm³/mol. The van der Waals surface area contributed by atoms with E-state index in [0.29, 0.717) is 70.5 Å². The van der Waals surface area contributed by atoms with E-state index in [4.69, 9.17) is 4.74 Å². The molecule has 10 nitrogen and oxygen atoms in total. The van der Waals surface area contributed by atoms with Gasteiger partial charge in [-0.1, -0.05) is 30.3 Å². The number of aryl methyl sites for hydroxylation is 1. The number of fused-ring (bicyclic) bond motifs is 1. The van der Waals surface area contributed by atoms with Gasteiger partial charge in [-0.3, -0.25) is 9.71 Å². The number of halogens is 1. The smallest absolute Gasteiger partial charge is 0.238 e. The number of hydrogen-bond acceptors (Lipinski definition) is 9. The maximum Gasteiger partial charge on any atom is 0.238 e. The lowest BCUT2D eigenvalue weighted by molar-refractivity contribution is 0.254. The van der Waals surface area contributed by atoms with Crippen molar-refractivity contribution in [1.82, 2.24) is 25.3 Å². The summed E-state index contributed by atoms with van der Waals surface area (Å²) in [5, 5.41) is 7.67. The number of nitrogens with zero attached hydrogens (tertiary/aromatic N) is 4. The van der Waals surface area contributed by atoms with Crippen molar-refractivity contribution in [1.29, 1.82) is 0 Å². The molecule has 5 aromatic rings. The van der Waals surface area contributed by atoms with Gasteiger partial charge in [-0.05, 0) is 48.9 Å². The van der Waals surface area contributed by atoms with Crippen LogP contribution in [-0.2, 0) is 15.8 Å².